The maximum absolute atomic E-state index is 12.8. The van der Waals surface area contributed by atoms with Crippen LogP contribution >= 0.6 is 57.4 Å². The maximum Gasteiger partial charge on any atom is 0.286 e. The van der Waals surface area contributed by atoms with Gasteiger partial charge in [0.15, 0.2) is 5.69 Å². The molecule has 0 aliphatic rings. The molecule has 0 bridgehead atoms. The summed E-state index contributed by atoms with van der Waals surface area (Å²) in [6, 6.07) is 8.97. The van der Waals surface area contributed by atoms with Crippen molar-refractivity contribution in [2.24, 2.45) is 0 Å². The van der Waals surface area contributed by atoms with Gasteiger partial charge in [0.2, 0.25) is 0 Å². The van der Waals surface area contributed by atoms with Crippen LogP contribution in [0.4, 0.5) is 0 Å². The van der Waals surface area contributed by atoms with Crippen LogP contribution in [-0.2, 0) is 10.0 Å². The molecule has 0 spiro atoms. The number of hydrogen-bond donors (Lipinski definition) is 1. The second kappa shape index (κ2) is 8.91. The van der Waals surface area contributed by atoms with E-state index in [-0.39, 0.29) is 21.4 Å². The fourth-order valence-corrected chi connectivity index (χ4v) is 5.64. The van der Waals surface area contributed by atoms with E-state index in [2.05, 4.69) is 4.98 Å². The third-order valence-corrected chi connectivity index (χ3v) is 7.21. The molecule has 3 rings (SSSR count). The first-order valence-corrected chi connectivity index (χ1v) is 11.8. The molecule has 3 aromatic rings. The standard InChI is InChI=1S/C18H13Cl3IN3O4S/c1-9-23-16(17(22)25(9)12-6-10(19)5-11(20)7-12)18(26)24-30(27,28)15-8-13(29-2)3-4-14(15)21/h3-8H,1-2H3,(H,24,26). The molecule has 0 aliphatic carbocycles. The zero-order chi connectivity index (χ0) is 22.2. The number of imidazole rings is 1. The number of hydrogen-bond acceptors (Lipinski definition) is 5. The quantitative estimate of drug-likeness (QED) is 0.422. The van der Waals surface area contributed by atoms with E-state index >= 15 is 0 Å². The third-order valence-electron chi connectivity index (χ3n) is 3.96. The minimum Gasteiger partial charge on any atom is -0.497 e. The zero-order valence-electron chi connectivity index (χ0n) is 15.4. The molecule has 1 amide bonds. The van der Waals surface area contributed by atoms with Gasteiger partial charge in [0.05, 0.1) is 17.8 Å². The molecule has 0 saturated heterocycles. The smallest absolute Gasteiger partial charge is 0.286 e. The summed E-state index contributed by atoms with van der Waals surface area (Å²) in [5.41, 5.74) is 0.506. The molecule has 0 fully saturated rings. The highest BCUT2D eigenvalue weighted by Gasteiger charge is 2.27. The number of ether oxygens (including phenoxy) is 1. The van der Waals surface area contributed by atoms with Gasteiger partial charge in [-0.1, -0.05) is 34.8 Å². The molecule has 1 heterocycles. The molecule has 0 unspecified atom stereocenters. The van der Waals surface area contributed by atoms with Crippen LogP contribution in [0.2, 0.25) is 15.1 Å². The highest BCUT2D eigenvalue weighted by atomic mass is 127. The molecule has 1 aromatic heterocycles. The number of halogens is 4. The minimum absolute atomic E-state index is 0.0546. The summed E-state index contributed by atoms with van der Waals surface area (Å²) in [6.45, 7) is 1.67. The van der Waals surface area contributed by atoms with E-state index in [1.54, 1.807) is 29.7 Å². The van der Waals surface area contributed by atoms with Gasteiger partial charge in [0.25, 0.3) is 15.9 Å². The molecule has 12 heteroatoms. The number of amides is 1. The van der Waals surface area contributed by atoms with Crippen LogP contribution < -0.4 is 9.46 Å². The Morgan fingerprint density at radius 2 is 1.77 bits per heavy atom. The Hall–Kier alpha value is -1.53. The average molecular weight is 601 g/mol. The number of aryl methyl sites for hydroxylation is 1. The number of methoxy groups -OCH3 is 1. The van der Waals surface area contributed by atoms with Gasteiger partial charge in [0, 0.05) is 16.1 Å². The van der Waals surface area contributed by atoms with Crippen molar-refractivity contribution in [2.75, 3.05) is 7.11 Å². The van der Waals surface area contributed by atoms with Gasteiger partial charge in [-0.3, -0.25) is 9.36 Å². The van der Waals surface area contributed by atoms with Crippen molar-refractivity contribution < 1.29 is 17.9 Å². The Labute approximate surface area is 201 Å². The van der Waals surface area contributed by atoms with Crippen molar-refractivity contribution in [1.82, 2.24) is 14.3 Å². The zero-order valence-corrected chi connectivity index (χ0v) is 20.7. The largest absolute Gasteiger partial charge is 0.497 e. The van der Waals surface area contributed by atoms with Crippen molar-refractivity contribution in [3.63, 3.8) is 0 Å². The second-order valence-corrected chi connectivity index (χ2v) is 9.95. The summed E-state index contributed by atoms with van der Waals surface area (Å²) in [4.78, 5) is 16.7. The third kappa shape index (κ3) is 4.70. The first-order chi connectivity index (χ1) is 14.0. The number of benzene rings is 2. The number of nitrogens with zero attached hydrogens (tertiary/aromatic N) is 2. The number of sulfonamides is 1. The minimum atomic E-state index is -4.28. The first kappa shape index (κ1) is 23.1. The van der Waals surface area contributed by atoms with E-state index in [0.29, 0.717) is 25.3 Å². The Bertz CT molecular complexity index is 1240. The molecule has 7 nitrogen and oxygen atoms in total. The molecule has 2 aromatic carbocycles. The molecule has 158 valence electrons. The summed E-state index contributed by atoms with van der Waals surface area (Å²) >= 11 is 20.0. The molecule has 0 radical (unpaired) electrons. The predicted molar refractivity (Wildman–Crippen MR) is 124 cm³/mol. The van der Waals surface area contributed by atoms with Gasteiger partial charge in [-0.25, -0.2) is 18.1 Å². The van der Waals surface area contributed by atoms with Crippen LogP contribution in [0.25, 0.3) is 5.69 Å². The number of carbonyl (C=O) groups is 1. The molecule has 1 N–H and O–H groups in total. The van der Waals surface area contributed by atoms with Gasteiger partial charge in [0.1, 0.15) is 20.2 Å². The van der Waals surface area contributed by atoms with Crippen LogP contribution in [0.15, 0.2) is 41.3 Å². The van der Waals surface area contributed by atoms with Gasteiger partial charge in [-0.05, 0) is 59.8 Å². The summed E-state index contributed by atoms with van der Waals surface area (Å²) < 4.78 is 34.5. The Morgan fingerprint density at radius 3 is 2.37 bits per heavy atom. The van der Waals surface area contributed by atoms with Gasteiger partial charge < -0.3 is 4.74 Å². The average Bonchev–Trinajstić information content (AvgIpc) is 2.95. The fraction of sp³-hybridized carbons (Fsp3) is 0.111. The number of nitrogens with one attached hydrogen (secondary N) is 1. The Morgan fingerprint density at radius 1 is 1.13 bits per heavy atom. The maximum atomic E-state index is 12.8. The normalized spacial score (nSPS) is 11.4. The van der Waals surface area contributed by atoms with Crippen molar-refractivity contribution in [2.45, 2.75) is 11.8 Å². The summed E-state index contributed by atoms with van der Waals surface area (Å²) in [5.74, 6) is -0.187. The number of carbonyl (C=O) groups excluding carboxylic acids is 1. The van der Waals surface area contributed by atoms with Crippen LogP contribution in [-0.4, -0.2) is 31.0 Å². The first-order valence-electron chi connectivity index (χ1n) is 8.15. The second-order valence-electron chi connectivity index (χ2n) is 5.99. The lowest BCUT2D eigenvalue weighted by Crippen LogP contribution is -2.31. The SMILES string of the molecule is COc1ccc(Cl)c(S(=O)(=O)NC(=O)c2nc(C)n(-c3cc(Cl)cc(Cl)c3)c2I)c1. The van der Waals surface area contributed by atoms with Crippen LogP contribution in [0, 0.1) is 10.6 Å². The monoisotopic (exact) mass is 599 g/mol. The lowest BCUT2D eigenvalue weighted by atomic mass is 10.3. The lowest BCUT2D eigenvalue weighted by molar-refractivity contribution is 0.0976. The Balaban J connectivity index is 1.99. The van der Waals surface area contributed by atoms with Crippen LogP contribution in [0.1, 0.15) is 16.3 Å². The van der Waals surface area contributed by atoms with Crippen molar-refractivity contribution in [3.05, 3.63) is 66.7 Å². The van der Waals surface area contributed by atoms with Gasteiger partial charge >= 0.3 is 0 Å². The fourth-order valence-electron chi connectivity index (χ4n) is 2.66. The number of rotatable bonds is 5. The van der Waals surface area contributed by atoms with E-state index in [0.717, 1.165) is 0 Å². The lowest BCUT2D eigenvalue weighted by Gasteiger charge is -2.10. The van der Waals surface area contributed by atoms with E-state index in [1.807, 2.05) is 27.3 Å². The topological polar surface area (TPSA) is 90.3 Å². The summed E-state index contributed by atoms with van der Waals surface area (Å²) in [6.07, 6.45) is 0. The number of aromatic nitrogens is 2. The molecular weight excluding hydrogens is 588 g/mol. The van der Waals surface area contributed by atoms with Crippen molar-refractivity contribution in [1.29, 1.82) is 0 Å². The van der Waals surface area contributed by atoms with Gasteiger partial charge in [-0.15, -0.1) is 0 Å². The molecule has 0 saturated carbocycles. The summed E-state index contributed by atoms with van der Waals surface area (Å²) in [5, 5.41) is 0.756. The van der Waals surface area contributed by atoms with E-state index in [1.165, 1.54) is 25.3 Å². The van der Waals surface area contributed by atoms with Crippen molar-refractivity contribution in [3.8, 4) is 11.4 Å². The molecule has 0 atom stereocenters. The Kier molecular flexibility index (Phi) is 6.87. The predicted octanol–water partition coefficient (Wildman–Crippen LogP) is 4.87. The van der Waals surface area contributed by atoms with E-state index < -0.39 is 15.9 Å². The van der Waals surface area contributed by atoms with Crippen LogP contribution in [0.3, 0.4) is 0 Å². The summed E-state index contributed by atoms with van der Waals surface area (Å²) in [7, 11) is -2.89. The van der Waals surface area contributed by atoms with Gasteiger partial charge in [-0.2, -0.15) is 0 Å². The molecular formula is C18H13Cl3IN3O4S. The highest BCUT2D eigenvalue weighted by Crippen LogP contribution is 2.28. The van der Waals surface area contributed by atoms with Crippen molar-refractivity contribution >= 4 is 73.3 Å². The van der Waals surface area contributed by atoms with Crippen LogP contribution in [0.5, 0.6) is 5.75 Å². The molecule has 0 aliphatic heterocycles. The molecule has 30 heavy (non-hydrogen) atoms. The van der Waals surface area contributed by atoms with E-state index in [9.17, 15) is 13.2 Å². The van der Waals surface area contributed by atoms with E-state index in [4.69, 9.17) is 39.5 Å². The highest BCUT2D eigenvalue weighted by molar-refractivity contribution is 14.1.